The summed E-state index contributed by atoms with van der Waals surface area (Å²) in [5, 5.41) is 3.14. The van der Waals surface area contributed by atoms with E-state index in [0.717, 1.165) is 5.56 Å². The van der Waals surface area contributed by atoms with Gasteiger partial charge in [-0.2, -0.15) is 9.97 Å². The normalized spacial score (nSPS) is 10.8. The molecule has 0 amide bonds. The van der Waals surface area contributed by atoms with Crippen molar-refractivity contribution in [1.82, 2.24) is 24.5 Å². The molecule has 0 saturated carbocycles. The van der Waals surface area contributed by atoms with Crippen LogP contribution in [-0.2, 0) is 13.1 Å². The van der Waals surface area contributed by atoms with Crippen molar-refractivity contribution < 1.29 is 0 Å². The van der Waals surface area contributed by atoms with Crippen LogP contribution < -0.4 is 11.1 Å². The summed E-state index contributed by atoms with van der Waals surface area (Å²) in [5.74, 6) is 0.835. The minimum absolute atomic E-state index is 0.361. The molecule has 0 bridgehead atoms. The fourth-order valence-corrected chi connectivity index (χ4v) is 1.89. The first-order chi connectivity index (χ1) is 9.78. The van der Waals surface area contributed by atoms with E-state index < -0.39 is 0 Å². The number of hydrogen-bond donors (Lipinski definition) is 2. The first-order valence-corrected chi connectivity index (χ1v) is 6.18. The predicted octanol–water partition coefficient (Wildman–Crippen LogP) is 1.25. The second-order valence-electron chi connectivity index (χ2n) is 4.25. The Hall–Kier alpha value is -2.70. The van der Waals surface area contributed by atoms with Crippen LogP contribution in [0.25, 0.3) is 11.2 Å². The van der Waals surface area contributed by atoms with Crippen molar-refractivity contribution in [2.45, 2.75) is 13.1 Å². The lowest BCUT2D eigenvalue weighted by molar-refractivity contribution is 0.834. The molecule has 20 heavy (non-hydrogen) atoms. The largest absolute Gasteiger partial charge is 0.382 e. The highest BCUT2D eigenvalue weighted by Gasteiger charge is 2.10. The Morgan fingerprint density at radius 1 is 1.25 bits per heavy atom. The zero-order valence-electron chi connectivity index (χ0n) is 10.8. The Labute approximate surface area is 115 Å². The van der Waals surface area contributed by atoms with E-state index in [2.05, 4.69) is 32.2 Å². The molecule has 0 spiro atoms. The van der Waals surface area contributed by atoms with Gasteiger partial charge in [0.2, 0.25) is 5.95 Å². The summed E-state index contributed by atoms with van der Waals surface area (Å²) in [6, 6.07) is 3.85. The molecule has 0 aliphatic carbocycles. The summed E-state index contributed by atoms with van der Waals surface area (Å²) in [5.41, 5.74) is 8.27. The summed E-state index contributed by atoms with van der Waals surface area (Å²) < 4.78 is 1.82. The Bertz CT molecular complexity index is 720. The van der Waals surface area contributed by atoms with E-state index in [0.29, 0.717) is 36.0 Å². The van der Waals surface area contributed by atoms with Crippen molar-refractivity contribution in [2.24, 2.45) is 0 Å². The zero-order chi connectivity index (χ0) is 13.9. The SMILES string of the molecule is [CH2]Cn1cnc2c(N)nc(NCc3ccncc3)nc21. The third-order valence-electron chi connectivity index (χ3n) is 2.93. The van der Waals surface area contributed by atoms with Crippen molar-refractivity contribution in [3.63, 3.8) is 0 Å². The molecule has 3 aromatic heterocycles. The Morgan fingerprint density at radius 2 is 2.05 bits per heavy atom. The number of imidazole rings is 1. The quantitative estimate of drug-likeness (QED) is 0.739. The maximum atomic E-state index is 5.90. The summed E-state index contributed by atoms with van der Waals surface area (Å²) in [6.45, 7) is 4.97. The van der Waals surface area contributed by atoms with Crippen LogP contribution >= 0.6 is 0 Å². The standard InChI is InChI=1S/C13H14N7/c1-2-20-8-17-10-11(14)18-13(19-12(10)20)16-7-9-3-5-15-6-4-9/h3-6,8H,1-2,7H2,(H3,14,16,18,19). The van der Waals surface area contributed by atoms with Crippen molar-refractivity contribution in [2.75, 3.05) is 11.1 Å². The molecule has 0 aliphatic heterocycles. The van der Waals surface area contributed by atoms with E-state index in [9.17, 15) is 0 Å². The second-order valence-corrected chi connectivity index (χ2v) is 4.25. The predicted molar refractivity (Wildman–Crippen MR) is 76.7 cm³/mol. The molecule has 1 radical (unpaired) electrons. The van der Waals surface area contributed by atoms with Crippen LogP contribution in [0.1, 0.15) is 5.56 Å². The molecule has 3 rings (SSSR count). The second kappa shape index (κ2) is 5.12. The lowest BCUT2D eigenvalue weighted by atomic mass is 10.3. The maximum Gasteiger partial charge on any atom is 0.227 e. The molecule has 0 aliphatic rings. The summed E-state index contributed by atoms with van der Waals surface area (Å²) in [7, 11) is 0. The molecule has 3 aromatic rings. The monoisotopic (exact) mass is 268 g/mol. The van der Waals surface area contributed by atoms with E-state index in [1.165, 1.54) is 0 Å². The number of nitrogens with one attached hydrogen (secondary N) is 1. The molecule has 3 N–H and O–H groups in total. The van der Waals surface area contributed by atoms with Gasteiger partial charge in [0.1, 0.15) is 5.52 Å². The smallest absolute Gasteiger partial charge is 0.227 e. The summed E-state index contributed by atoms with van der Waals surface area (Å²) in [6.07, 6.45) is 5.15. The average molecular weight is 268 g/mol. The Balaban J connectivity index is 1.88. The molecule has 101 valence electrons. The van der Waals surface area contributed by atoms with E-state index in [4.69, 9.17) is 5.73 Å². The Kier molecular flexibility index (Phi) is 3.16. The molecular weight excluding hydrogens is 254 g/mol. The van der Waals surface area contributed by atoms with Gasteiger partial charge >= 0.3 is 0 Å². The van der Waals surface area contributed by atoms with Crippen molar-refractivity contribution in [3.05, 3.63) is 43.3 Å². The van der Waals surface area contributed by atoms with Crippen LogP contribution in [0.2, 0.25) is 0 Å². The van der Waals surface area contributed by atoms with E-state index >= 15 is 0 Å². The first-order valence-electron chi connectivity index (χ1n) is 6.18. The van der Waals surface area contributed by atoms with E-state index in [1.807, 2.05) is 16.7 Å². The topological polar surface area (TPSA) is 94.5 Å². The van der Waals surface area contributed by atoms with Gasteiger partial charge in [0.05, 0.1) is 6.33 Å². The van der Waals surface area contributed by atoms with Crippen molar-refractivity contribution >= 4 is 22.9 Å². The van der Waals surface area contributed by atoms with Crippen LogP contribution in [0.5, 0.6) is 0 Å². The minimum atomic E-state index is 0.361. The molecule has 0 aromatic carbocycles. The lowest BCUT2D eigenvalue weighted by Gasteiger charge is -2.06. The third-order valence-corrected chi connectivity index (χ3v) is 2.93. The van der Waals surface area contributed by atoms with E-state index in [1.54, 1.807) is 18.7 Å². The molecule has 0 atom stereocenters. The molecule has 0 fully saturated rings. The van der Waals surface area contributed by atoms with Crippen molar-refractivity contribution in [3.8, 4) is 0 Å². The molecule has 0 unspecified atom stereocenters. The first kappa shape index (κ1) is 12.3. The van der Waals surface area contributed by atoms with Crippen molar-refractivity contribution in [1.29, 1.82) is 0 Å². The van der Waals surface area contributed by atoms with Gasteiger partial charge in [0.25, 0.3) is 0 Å². The fraction of sp³-hybridized carbons (Fsp3) is 0.154. The molecular formula is C13H14N7. The molecule has 7 nitrogen and oxygen atoms in total. The number of anilines is 2. The van der Waals surface area contributed by atoms with Gasteiger partial charge in [0, 0.05) is 25.5 Å². The number of nitrogens with two attached hydrogens (primary N) is 1. The summed E-state index contributed by atoms with van der Waals surface area (Å²) >= 11 is 0. The van der Waals surface area contributed by atoms with Gasteiger partial charge in [-0.3, -0.25) is 4.98 Å². The van der Waals surface area contributed by atoms with Gasteiger partial charge in [-0.15, -0.1) is 0 Å². The zero-order valence-corrected chi connectivity index (χ0v) is 10.8. The molecule has 7 heteroatoms. The van der Waals surface area contributed by atoms with Gasteiger partial charge < -0.3 is 15.6 Å². The third kappa shape index (κ3) is 2.25. The number of hydrogen-bond acceptors (Lipinski definition) is 6. The fourth-order valence-electron chi connectivity index (χ4n) is 1.89. The molecule has 0 saturated heterocycles. The number of fused-ring (bicyclic) bond motifs is 1. The highest BCUT2D eigenvalue weighted by molar-refractivity contribution is 5.82. The number of nitrogen functional groups attached to an aromatic ring is 1. The van der Waals surface area contributed by atoms with Gasteiger partial charge in [-0.05, 0) is 24.6 Å². The lowest BCUT2D eigenvalue weighted by Crippen LogP contribution is -2.07. The average Bonchev–Trinajstić information content (AvgIpc) is 2.90. The molecule has 3 heterocycles. The van der Waals surface area contributed by atoms with Crippen LogP contribution in [0.15, 0.2) is 30.9 Å². The minimum Gasteiger partial charge on any atom is -0.382 e. The van der Waals surface area contributed by atoms with Crippen LogP contribution in [-0.4, -0.2) is 24.5 Å². The van der Waals surface area contributed by atoms with Crippen LogP contribution in [0.4, 0.5) is 11.8 Å². The van der Waals surface area contributed by atoms with Crippen LogP contribution in [0.3, 0.4) is 0 Å². The number of nitrogens with zero attached hydrogens (tertiary/aromatic N) is 5. The number of aromatic nitrogens is 5. The van der Waals surface area contributed by atoms with Gasteiger partial charge in [-0.1, -0.05) is 0 Å². The van der Waals surface area contributed by atoms with Gasteiger partial charge in [-0.25, -0.2) is 4.98 Å². The number of pyridine rings is 1. The maximum absolute atomic E-state index is 5.90. The highest BCUT2D eigenvalue weighted by atomic mass is 15.2. The highest BCUT2D eigenvalue weighted by Crippen LogP contribution is 2.18. The van der Waals surface area contributed by atoms with Gasteiger partial charge in [0.15, 0.2) is 11.5 Å². The summed E-state index contributed by atoms with van der Waals surface area (Å²) in [4.78, 5) is 16.8. The van der Waals surface area contributed by atoms with E-state index in [-0.39, 0.29) is 0 Å². The van der Waals surface area contributed by atoms with Crippen LogP contribution in [0, 0.1) is 6.92 Å². The number of rotatable bonds is 4. The Morgan fingerprint density at radius 3 is 2.80 bits per heavy atom.